The zero-order chi connectivity index (χ0) is 26.8. The molecule has 0 saturated carbocycles. The van der Waals surface area contributed by atoms with E-state index in [0.29, 0.717) is 16.0 Å². The van der Waals surface area contributed by atoms with Crippen LogP contribution in [0, 0.1) is 6.92 Å². The summed E-state index contributed by atoms with van der Waals surface area (Å²) in [6.07, 6.45) is -4.76. The minimum atomic E-state index is -4.93. The van der Waals surface area contributed by atoms with Crippen LogP contribution in [0.4, 0.5) is 13.2 Å². The molecule has 192 valence electrons. The van der Waals surface area contributed by atoms with E-state index in [1.165, 1.54) is 0 Å². The van der Waals surface area contributed by atoms with Gasteiger partial charge in [-0.3, -0.25) is 14.3 Å². The number of ether oxygens (including phenoxy) is 1. The summed E-state index contributed by atoms with van der Waals surface area (Å²) in [6.45, 7) is 8.01. The molecule has 36 heavy (non-hydrogen) atoms. The molecule has 3 aromatic rings. The van der Waals surface area contributed by atoms with Gasteiger partial charge in [-0.15, -0.1) is 11.3 Å². The van der Waals surface area contributed by atoms with Crippen LogP contribution in [0.5, 0.6) is 0 Å². The van der Waals surface area contributed by atoms with E-state index in [1.54, 1.807) is 26.0 Å². The fraction of sp³-hybridized carbons (Fsp3) is 0.280. The number of aryl methyl sites for hydroxylation is 1. The van der Waals surface area contributed by atoms with Crippen molar-refractivity contribution in [2.24, 2.45) is 0 Å². The fourth-order valence-electron chi connectivity index (χ4n) is 3.55. The van der Waals surface area contributed by atoms with Crippen molar-refractivity contribution < 1.29 is 23.0 Å². The highest BCUT2D eigenvalue weighted by molar-refractivity contribution is 7.20. The Morgan fingerprint density at radius 3 is 2.53 bits per heavy atom. The Kier molecular flexibility index (Phi) is 8.33. The first kappa shape index (κ1) is 27.5. The summed E-state index contributed by atoms with van der Waals surface area (Å²) in [7, 11) is 0. The van der Waals surface area contributed by atoms with Crippen LogP contribution in [0.3, 0.4) is 0 Å². The van der Waals surface area contributed by atoms with E-state index < -0.39 is 30.1 Å². The van der Waals surface area contributed by atoms with Crippen LogP contribution in [0.25, 0.3) is 15.8 Å². The Morgan fingerprint density at radius 2 is 1.94 bits per heavy atom. The summed E-state index contributed by atoms with van der Waals surface area (Å²) in [4.78, 5) is 27.4. The highest BCUT2D eigenvalue weighted by atomic mass is 35.5. The molecule has 2 aromatic heterocycles. The van der Waals surface area contributed by atoms with Crippen molar-refractivity contribution in [2.75, 3.05) is 0 Å². The molecule has 0 bridgehead atoms. The minimum Gasteiger partial charge on any atom is -0.485 e. The van der Waals surface area contributed by atoms with Gasteiger partial charge in [0.25, 0.3) is 5.56 Å². The highest BCUT2D eigenvalue weighted by Gasteiger charge is 2.39. The van der Waals surface area contributed by atoms with Crippen LogP contribution in [-0.4, -0.2) is 26.9 Å². The second-order valence-electron chi connectivity index (χ2n) is 7.99. The number of aliphatic hydroxyl groups excluding tert-OH is 1. The molecule has 1 aromatic carbocycles. The molecular weight excluding hydrogens is 517 g/mol. The second-order valence-corrected chi connectivity index (χ2v) is 9.40. The molecule has 6 nitrogen and oxygen atoms in total. The zero-order valence-corrected chi connectivity index (χ0v) is 21.2. The lowest BCUT2D eigenvalue weighted by molar-refractivity contribution is -0.207. The van der Waals surface area contributed by atoms with Crippen molar-refractivity contribution in [3.05, 3.63) is 96.7 Å². The predicted octanol–water partition coefficient (Wildman–Crippen LogP) is 5.80. The number of aromatic amines is 1. The first-order valence-corrected chi connectivity index (χ1v) is 12.0. The lowest BCUT2D eigenvalue weighted by Crippen LogP contribution is -2.38. The molecule has 1 unspecified atom stereocenters. The summed E-state index contributed by atoms with van der Waals surface area (Å²) < 4.78 is 45.4. The average molecular weight is 541 g/mol. The van der Waals surface area contributed by atoms with Crippen molar-refractivity contribution >= 4 is 38.7 Å². The lowest BCUT2D eigenvalue weighted by Gasteiger charge is -2.16. The zero-order valence-electron chi connectivity index (χ0n) is 19.6. The number of halogens is 4. The van der Waals surface area contributed by atoms with Gasteiger partial charge >= 0.3 is 11.9 Å². The SMILES string of the molecule is C=C(OC(C)c1ccccc1)/C(Cl)=C\C(=C/C)c1sc2c(c1C)c(=O)[nH]c(=O)n2C[C@@H](O)C(F)(F)F. The van der Waals surface area contributed by atoms with Crippen LogP contribution in [0.15, 0.2) is 69.4 Å². The number of rotatable bonds is 8. The van der Waals surface area contributed by atoms with Gasteiger partial charge in [0.1, 0.15) is 16.7 Å². The summed E-state index contributed by atoms with van der Waals surface area (Å²) in [6, 6.07) is 9.46. The normalized spacial score (nSPS) is 14.7. The number of hydrogen-bond acceptors (Lipinski definition) is 5. The van der Waals surface area contributed by atoms with Gasteiger partial charge in [-0.1, -0.05) is 54.6 Å². The molecule has 11 heteroatoms. The minimum absolute atomic E-state index is 0.0104. The van der Waals surface area contributed by atoms with Crippen LogP contribution in [0.2, 0.25) is 0 Å². The molecule has 2 atom stereocenters. The van der Waals surface area contributed by atoms with Gasteiger partial charge in [-0.25, -0.2) is 4.79 Å². The number of benzene rings is 1. The number of aliphatic hydroxyl groups is 1. The van der Waals surface area contributed by atoms with Gasteiger partial charge in [0.2, 0.25) is 0 Å². The topological polar surface area (TPSA) is 84.3 Å². The third-order valence-corrected chi connectivity index (χ3v) is 7.19. The van der Waals surface area contributed by atoms with Gasteiger partial charge < -0.3 is 9.84 Å². The van der Waals surface area contributed by atoms with Crippen LogP contribution in [-0.2, 0) is 11.3 Å². The Hall–Kier alpha value is -3.08. The van der Waals surface area contributed by atoms with E-state index in [2.05, 4.69) is 6.58 Å². The lowest BCUT2D eigenvalue weighted by atomic mass is 10.1. The Balaban J connectivity index is 2.00. The molecule has 2 N–H and O–H groups in total. The van der Waals surface area contributed by atoms with Gasteiger partial charge in [-0.05, 0) is 43.5 Å². The third kappa shape index (κ3) is 5.83. The quantitative estimate of drug-likeness (QED) is 0.279. The summed E-state index contributed by atoms with van der Waals surface area (Å²) >= 11 is 7.41. The van der Waals surface area contributed by atoms with Crippen LogP contribution in [0.1, 0.15) is 36.0 Å². The van der Waals surface area contributed by atoms with Crippen molar-refractivity contribution in [1.82, 2.24) is 9.55 Å². The molecule has 0 amide bonds. The number of alkyl halides is 3. The van der Waals surface area contributed by atoms with Crippen molar-refractivity contribution in [3.8, 4) is 0 Å². The molecule has 3 rings (SSSR count). The Morgan fingerprint density at radius 1 is 1.31 bits per heavy atom. The van der Waals surface area contributed by atoms with Crippen LogP contribution < -0.4 is 11.2 Å². The van der Waals surface area contributed by atoms with Crippen molar-refractivity contribution in [3.63, 3.8) is 0 Å². The van der Waals surface area contributed by atoms with E-state index in [9.17, 15) is 27.9 Å². The van der Waals surface area contributed by atoms with E-state index in [-0.39, 0.29) is 27.1 Å². The van der Waals surface area contributed by atoms with Gasteiger partial charge in [0.05, 0.1) is 17.0 Å². The van der Waals surface area contributed by atoms with Crippen molar-refractivity contribution in [2.45, 2.75) is 45.7 Å². The number of aromatic nitrogens is 2. The van der Waals surface area contributed by atoms with Gasteiger partial charge in [0.15, 0.2) is 6.10 Å². The summed E-state index contributed by atoms with van der Waals surface area (Å²) in [5.41, 5.74) is 0.140. The number of nitrogens with zero attached hydrogens (tertiary/aromatic N) is 1. The molecule has 0 aliphatic carbocycles. The summed E-state index contributed by atoms with van der Waals surface area (Å²) in [5.74, 6) is 0.203. The average Bonchev–Trinajstić information content (AvgIpc) is 3.16. The first-order chi connectivity index (χ1) is 16.8. The molecule has 0 spiro atoms. The number of allylic oxidation sites excluding steroid dienone is 4. The maximum atomic E-state index is 12.9. The van der Waals surface area contributed by atoms with E-state index in [1.807, 2.05) is 42.2 Å². The second kappa shape index (κ2) is 10.9. The predicted molar refractivity (Wildman–Crippen MR) is 136 cm³/mol. The number of H-pyrrole nitrogens is 1. The molecule has 2 heterocycles. The number of thiophene rings is 1. The number of hydrogen-bond donors (Lipinski definition) is 2. The molecule has 0 fully saturated rings. The largest absolute Gasteiger partial charge is 0.485 e. The standard InChI is InChI=1S/C25H24ClF3N2O4S/c1-5-16(11-18(26)15(4)35-14(3)17-9-7-6-8-10-17)21-13(2)20-22(33)30-24(34)31(23(20)36-21)12-19(32)25(27,28)29/h5-11,14,19,32H,4,12H2,1-3H3,(H,30,33,34)/b16-5+,18-11+/t14?,19-/m1/s1. The molecule has 0 aliphatic heterocycles. The molecule has 0 saturated heterocycles. The van der Waals surface area contributed by atoms with Crippen LogP contribution >= 0.6 is 22.9 Å². The highest BCUT2D eigenvalue weighted by Crippen LogP contribution is 2.36. The monoisotopic (exact) mass is 540 g/mol. The van der Waals surface area contributed by atoms with E-state index in [4.69, 9.17) is 16.3 Å². The molecule has 0 aliphatic rings. The maximum Gasteiger partial charge on any atom is 0.416 e. The van der Waals surface area contributed by atoms with Crippen molar-refractivity contribution in [1.29, 1.82) is 0 Å². The molecular formula is C25H24ClF3N2O4S. The maximum absolute atomic E-state index is 12.9. The first-order valence-electron chi connectivity index (χ1n) is 10.8. The van der Waals surface area contributed by atoms with Gasteiger partial charge in [-0.2, -0.15) is 13.2 Å². The molecule has 0 radical (unpaired) electrons. The Bertz CT molecular complexity index is 1450. The number of fused-ring (bicyclic) bond motifs is 1. The number of nitrogens with one attached hydrogen (secondary N) is 1. The Labute approximate surface area is 213 Å². The van der Waals surface area contributed by atoms with Gasteiger partial charge in [0, 0.05) is 4.88 Å². The van der Waals surface area contributed by atoms with E-state index >= 15 is 0 Å². The third-order valence-electron chi connectivity index (χ3n) is 5.51. The van der Waals surface area contributed by atoms with E-state index in [0.717, 1.165) is 21.5 Å². The fourth-order valence-corrected chi connectivity index (χ4v) is 5.07. The summed E-state index contributed by atoms with van der Waals surface area (Å²) in [5, 5.41) is 9.76. The smallest absolute Gasteiger partial charge is 0.416 e.